The van der Waals surface area contributed by atoms with Crippen molar-refractivity contribution in [2.24, 2.45) is 7.05 Å². The van der Waals surface area contributed by atoms with Crippen molar-refractivity contribution < 1.29 is 4.57 Å². The third-order valence-electron chi connectivity index (χ3n) is 7.38. The molecule has 2 aliphatic carbocycles. The van der Waals surface area contributed by atoms with Crippen molar-refractivity contribution in [3.63, 3.8) is 0 Å². The van der Waals surface area contributed by atoms with E-state index in [1.54, 1.807) is 11.1 Å². The molecule has 0 bridgehead atoms. The second-order valence-corrected chi connectivity index (χ2v) is 9.31. The first-order valence-electron chi connectivity index (χ1n) is 11.3. The summed E-state index contributed by atoms with van der Waals surface area (Å²) >= 11 is 0. The van der Waals surface area contributed by atoms with Crippen LogP contribution in [0, 0.1) is 20.8 Å². The molecule has 29 heavy (non-hydrogen) atoms. The van der Waals surface area contributed by atoms with E-state index in [-0.39, 0.29) is 0 Å². The maximum absolute atomic E-state index is 2.42. The normalized spacial score (nSPS) is 16.0. The molecule has 0 saturated heterocycles. The quantitative estimate of drug-likeness (QED) is 0.339. The zero-order chi connectivity index (χ0) is 20.1. The Hall–Kier alpha value is -2.41. The highest BCUT2D eigenvalue weighted by Crippen LogP contribution is 2.47. The van der Waals surface area contributed by atoms with Crippen molar-refractivity contribution in [3.05, 3.63) is 76.0 Å². The van der Waals surface area contributed by atoms with Crippen LogP contribution < -0.4 is 4.57 Å². The molecule has 1 nitrogen and oxygen atoms in total. The summed E-state index contributed by atoms with van der Waals surface area (Å²) in [5.41, 5.74) is 14.6. The van der Waals surface area contributed by atoms with Crippen molar-refractivity contribution >= 4 is 0 Å². The van der Waals surface area contributed by atoms with Gasteiger partial charge < -0.3 is 0 Å². The molecule has 0 N–H and O–H groups in total. The first kappa shape index (κ1) is 18.6. The summed E-state index contributed by atoms with van der Waals surface area (Å²) in [6.45, 7) is 6.71. The lowest BCUT2D eigenvalue weighted by atomic mass is 9.80. The highest BCUT2D eigenvalue weighted by molar-refractivity contribution is 5.87. The molecule has 0 spiro atoms. The summed E-state index contributed by atoms with van der Waals surface area (Å²) in [7, 11) is 2.19. The van der Waals surface area contributed by atoms with Gasteiger partial charge in [-0.3, -0.25) is 0 Å². The molecule has 0 aliphatic heterocycles. The number of nitrogens with zero attached hydrogens (tertiary/aromatic N) is 1. The molecule has 3 aromatic rings. The van der Waals surface area contributed by atoms with Gasteiger partial charge in [0.05, 0.1) is 5.56 Å². The van der Waals surface area contributed by atoms with Gasteiger partial charge in [0.2, 0.25) is 5.69 Å². The van der Waals surface area contributed by atoms with Crippen molar-refractivity contribution in [2.45, 2.75) is 65.2 Å². The van der Waals surface area contributed by atoms with Crippen LogP contribution in [0.5, 0.6) is 0 Å². The highest BCUT2D eigenvalue weighted by Gasteiger charge is 2.30. The van der Waals surface area contributed by atoms with Gasteiger partial charge in [0.15, 0.2) is 6.20 Å². The number of aryl methyl sites for hydroxylation is 4. The van der Waals surface area contributed by atoms with Crippen LogP contribution in [0.4, 0.5) is 0 Å². The summed E-state index contributed by atoms with van der Waals surface area (Å²) in [5, 5.41) is 0. The lowest BCUT2D eigenvalue weighted by Crippen LogP contribution is -2.32. The fourth-order valence-corrected chi connectivity index (χ4v) is 5.71. The number of benzene rings is 2. The molecular formula is C28H32N+. The first-order valence-corrected chi connectivity index (χ1v) is 11.3. The van der Waals surface area contributed by atoms with Gasteiger partial charge in [0, 0.05) is 11.6 Å². The molecule has 1 heteroatoms. The van der Waals surface area contributed by atoms with E-state index < -0.39 is 0 Å². The number of fused-ring (bicyclic) bond motifs is 3. The van der Waals surface area contributed by atoms with Crippen molar-refractivity contribution in [3.8, 4) is 22.4 Å². The zero-order valence-corrected chi connectivity index (χ0v) is 18.3. The number of hydrogen-bond donors (Lipinski definition) is 0. The molecule has 1 saturated carbocycles. The maximum Gasteiger partial charge on any atom is 0.213 e. The van der Waals surface area contributed by atoms with E-state index in [2.05, 4.69) is 75.0 Å². The number of aromatic nitrogens is 1. The van der Waals surface area contributed by atoms with Gasteiger partial charge >= 0.3 is 0 Å². The van der Waals surface area contributed by atoms with Gasteiger partial charge in [-0.25, -0.2) is 4.57 Å². The first-order chi connectivity index (χ1) is 14.0. The van der Waals surface area contributed by atoms with Gasteiger partial charge in [-0.2, -0.15) is 0 Å². The monoisotopic (exact) mass is 382 g/mol. The Kier molecular flexibility index (Phi) is 4.57. The van der Waals surface area contributed by atoms with Crippen LogP contribution >= 0.6 is 0 Å². The largest absolute Gasteiger partial charge is 0.213 e. The Labute approximate surface area is 175 Å². The average Bonchev–Trinajstić information content (AvgIpc) is 3.10. The molecule has 2 aromatic carbocycles. The predicted molar refractivity (Wildman–Crippen MR) is 121 cm³/mol. The summed E-state index contributed by atoms with van der Waals surface area (Å²) in [5.74, 6) is 0.743. The highest BCUT2D eigenvalue weighted by atomic mass is 14.9. The van der Waals surface area contributed by atoms with Crippen molar-refractivity contribution in [2.75, 3.05) is 0 Å². The SMILES string of the molecule is Cc1cc(-c2c(C)ccc3c2Cc2cccc(C4CCCCC4)c2-3)[n+](C)cc1C. The Morgan fingerprint density at radius 3 is 2.41 bits per heavy atom. The van der Waals surface area contributed by atoms with Crippen molar-refractivity contribution in [1.82, 2.24) is 0 Å². The zero-order valence-electron chi connectivity index (χ0n) is 18.3. The molecule has 1 fully saturated rings. The van der Waals surface area contributed by atoms with Crippen LogP contribution in [-0.4, -0.2) is 0 Å². The molecule has 148 valence electrons. The third-order valence-corrected chi connectivity index (χ3v) is 7.38. The number of rotatable bonds is 2. The molecule has 1 aromatic heterocycles. The lowest BCUT2D eigenvalue weighted by Gasteiger charge is -2.24. The van der Waals surface area contributed by atoms with Gasteiger partial charge in [-0.1, -0.05) is 49.6 Å². The van der Waals surface area contributed by atoms with E-state index in [0.717, 1.165) is 12.3 Å². The molecule has 0 amide bonds. The minimum atomic E-state index is 0.743. The van der Waals surface area contributed by atoms with Crippen LogP contribution in [0.25, 0.3) is 22.4 Å². The topological polar surface area (TPSA) is 3.88 Å². The Balaban J connectivity index is 1.70. The van der Waals surface area contributed by atoms with E-state index in [0.29, 0.717) is 0 Å². The van der Waals surface area contributed by atoms with Crippen LogP contribution in [0.15, 0.2) is 42.6 Å². The second-order valence-electron chi connectivity index (χ2n) is 9.31. The molecule has 1 heterocycles. The molecule has 0 radical (unpaired) electrons. The summed E-state index contributed by atoms with van der Waals surface area (Å²) in [6.07, 6.45) is 10.2. The average molecular weight is 383 g/mol. The van der Waals surface area contributed by atoms with Gasteiger partial charge in [-0.05, 0) is 84.9 Å². The van der Waals surface area contributed by atoms with E-state index in [1.807, 2.05) is 0 Å². The smallest absolute Gasteiger partial charge is 0.201 e. The molecule has 5 rings (SSSR count). The van der Waals surface area contributed by atoms with Gasteiger partial charge in [0.1, 0.15) is 7.05 Å². The minimum absolute atomic E-state index is 0.743. The fourth-order valence-electron chi connectivity index (χ4n) is 5.71. The molecule has 0 atom stereocenters. The fraction of sp³-hybridized carbons (Fsp3) is 0.393. The third kappa shape index (κ3) is 3.03. The molecule has 0 unspecified atom stereocenters. The van der Waals surface area contributed by atoms with E-state index >= 15 is 0 Å². The Morgan fingerprint density at radius 1 is 0.828 bits per heavy atom. The van der Waals surface area contributed by atoms with Crippen LogP contribution in [0.1, 0.15) is 71.4 Å². The number of pyridine rings is 1. The summed E-state index contributed by atoms with van der Waals surface area (Å²) in [4.78, 5) is 0. The standard InChI is InChI=1S/C28H32N/c1-18-13-14-24-25(27(18)26-15-19(2)20(3)17-29(26)4)16-22-11-8-12-23(28(22)24)21-9-6-5-7-10-21/h8,11-15,17,21H,5-7,9-10,16H2,1-4H3/q+1. The van der Waals surface area contributed by atoms with E-state index in [4.69, 9.17) is 0 Å². The lowest BCUT2D eigenvalue weighted by molar-refractivity contribution is -0.660. The van der Waals surface area contributed by atoms with Crippen LogP contribution in [0.2, 0.25) is 0 Å². The minimum Gasteiger partial charge on any atom is -0.201 e. The van der Waals surface area contributed by atoms with Gasteiger partial charge in [-0.15, -0.1) is 0 Å². The molecular weight excluding hydrogens is 350 g/mol. The van der Waals surface area contributed by atoms with Crippen LogP contribution in [0.3, 0.4) is 0 Å². The Bertz CT molecular complexity index is 1100. The summed E-state index contributed by atoms with van der Waals surface area (Å²) in [6, 6.07) is 14.2. The van der Waals surface area contributed by atoms with E-state index in [1.165, 1.54) is 76.7 Å². The number of hydrogen-bond acceptors (Lipinski definition) is 0. The predicted octanol–water partition coefficient (Wildman–Crippen LogP) is 6.72. The maximum atomic E-state index is 2.42. The molecule has 2 aliphatic rings. The van der Waals surface area contributed by atoms with E-state index in [9.17, 15) is 0 Å². The summed E-state index contributed by atoms with van der Waals surface area (Å²) < 4.78 is 2.32. The van der Waals surface area contributed by atoms with Gasteiger partial charge in [0.25, 0.3) is 0 Å². The Morgan fingerprint density at radius 2 is 1.62 bits per heavy atom. The van der Waals surface area contributed by atoms with Crippen molar-refractivity contribution in [1.29, 1.82) is 0 Å². The van der Waals surface area contributed by atoms with Crippen LogP contribution in [-0.2, 0) is 13.5 Å². The second kappa shape index (κ2) is 7.13.